The molecule has 6 nitrogen and oxygen atoms in total. The van der Waals surface area contributed by atoms with Gasteiger partial charge < -0.3 is 10.1 Å². The minimum atomic E-state index is -3.94. The monoisotopic (exact) mass is 442 g/mol. The van der Waals surface area contributed by atoms with Crippen molar-refractivity contribution in [3.8, 4) is 5.75 Å². The number of hydrogen-bond acceptors (Lipinski definition) is 4. The van der Waals surface area contributed by atoms with Gasteiger partial charge in [-0.1, -0.05) is 15.9 Å². The topological polar surface area (TPSA) is 98.5 Å². The van der Waals surface area contributed by atoms with Gasteiger partial charge in [0.1, 0.15) is 10.6 Å². The van der Waals surface area contributed by atoms with E-state index in [0.717, 1.165) is 32.1 Å². The second-order valence-electron chi connectivity index (χ2n) is 8.26. The molecule has 1 amide bonds. The zero-order valence-corrected chi connectivity index (χ0v) is 17.0. The maximum atomic E-state index is 13.2. The van der Waals surface area contributed by atoms with Crippen molar-refractivity contribution in [2.45, 2.75) is 47.7 Å². The first-order chi connectivity index (χ1) is 12.1. The fourth-order valence-corrected chi connectivity index (χ4v) is 7.83. The van der Waals surface area contributed by atoms with Crippen LogP contribution >= 0.6 is 15.9 Å². The highest BCUT2D eigenvalue weighted by Gasteiger charge is 2.59. The molecule has 0 radical (unpaired) electrons. The van der Waals surface area contributed by atoms with E-state index in [1.165, 1.54) is 25.7 Å². The molecule has 1 aromatic carbocycles. The number of primary sulfonamides is 1. The standard InChI is InChI=1S/C18H23BrN2O4S/c1-25-14-3-2-13(5-15(14)26(20,23)24)21-16(22)17-6-11-4-12(7-17)9-18(19,8-11)10-17/h2-3,5,11-12H,4,6-10H2,1H3,(H,21,22)(H2,20,23,24). The van der Waals surface area contributed by atoms with Crippen LogP contribution in [0, 0.1) is 17.3 Å². The van der Waals surface area contributed by atoms with Gasteiger partial charge in [0.2, 0.25) is 15.9 Å². The Bertz CT molecular complexity index is 856. The van der Waals surface area contributed by atoms with Crippen molar-refractivity contribution in [3.05, 3.63) is 18.2 Å². The lowest BCUT2D eigenvalue weighted by atomic mass is 9.49. The number of anilines is 1. The summed E-state index contributed by atoms with van der Waals surface area (Å²) in [5, 5.41) is 8.21. The zero-order valence-electron chi connectivity index (χ0n) is 14.6. The number of rotatable bonds is 4. The number of nitrogens with one attached hydrogen (secondary N) is 1. The zero-order chi connectivity index (χ0) is 18.7. The first kappa shape index (κ1) is 18.3. The van der Waals surface area contributed by atoms with Crippen LogP contribution in [0.15, 0.2) is 23.1 Å². The summed E-state index contributed by atoms with van der Waals surface area (Å²) in [6, 6.07) is 4.54. The Morgan fingerprint density at radius 2 is 1.92 bits per heavy atom. The van der Waals surface area contributed by atoms with Gasteiger partial charge in [-0.25, -0.2) is 13.6 Å². The number of hydrogen-bond donors (Lipinski definition) is 2. The average Bonchev–Trinajstić information content (AvgIpc) is 2.51. The normalized spacial score (nSPS) is 35.3. The second kappa shape index (κ2) is 5.94. The van der Waals surface area contributed by atoms with Gasteiger partial charge in [0.15, 0.2) is 0 Å². The molecule has 0 aromatic heterocycles. The van der Waals surface area contributed by atoms with Crippen LogP contribution in [0.2, 0.25) is 0 Å². The molecule has 0 saturated heterocycles. The smallest absolute Gasteiger partial charge is 0.241 e. The first-order valence-electron chi connectivity index (χ1n) is 8.84. The molecule has 0 spiro atoms. The van der Waals surface area contributed by atoms with Crippen LogP contribution in [0.25, 0.3) is 0 Å². The molecule has 4 aliphatic carbocycles. The highest BCUT2D eigenvalue weighted by Crippen LogP contribution is 2.64. The van der Waals surface area contributed by atoms with Gasteiger partial charge in [0, 0.05) is 10.0 Å². The minimum Gasteiger partial charge on any atom is -0.495 e. The van der Waals surface area contributed by atoms with Gasteiger partial charge >= 0.3 is 0 Å². The number of alkyl halides is 1. The van der Waals surface area contributed by atoms with Crippen LogP contribution in [-0.2, 0) is 14.8 Å². The molecular formula is C18H23BrN2O4S. The van der Waals surface area contributed by atoms with E-state index in [2.05, 4.69) is 21.2 Å². The molecule has 0 aliphatic heterocycles. The molecule has 4 aliphatic rings. The molecule has 2 unspecified atom stereocenters. The number of halogens is 1. The first-order valence-corrected chi connectivity index (χ1v) is 11.2. The van der Waals surface area contributed by atoms with Crippen LogP contribution in [0.3, 0.4) is 0 Å². The Morgan fingerprint density at radius 1 is 1.27 bits per heavy atom. The third kappa shape index (κ3) is 3.05. The van der Waals surface area contributed by atoms with Crippen molar-refractivity contribution >= 4 is 37.5 Å². The fourth-order valence-electron chi connectivity index (χ4n) is 5.66. The van der Waals surface area contributed by atoms with Gasteiger partial charge in [0.25, 0.3) is 0 Å². The van der Waals surface area contributed by atoms with Crippen LogP contribution in [0.4, 0.5) is 5.69 Å². The summed E-state index contributed by atoms with van der Waals surface area (Å²) in [6.07, 6.45) is 6.20. The molecule has 4 bridgehead atoms. The maximum absolute atomic E-state index is 13.2. The maximum Gasteiger partial charge on any atom is 0.241 e. The number of methoxy groups -OCH3 is 1. The Balaban J connectivity index is 1.61. The molecule has 3 N–H and O–H groups in total. The molecule has 0 heterocycles. The van der Waals surface area contributed by atoms with Crippen LogP contribution in [0.5, 0.6) is 5.75 Å². The predicted octanol–water partition coefficient (Wildman–Crippen LogP) is 3.02. The van der Waals surface area contributed by atoms with Gasteiger partial charge in [-0.05, 0) is 68.6 Å². The van der Waals surface area contributed by atoms with E-state index in [4.69, 9.17) is 9.88 Å². The number of benzene rings is 1. The third-order valence-corrected chi connectivity index (χ3v) is 8.06. The van der Waals surface area contributed by atoms with Gasteiger partial charge in [-0.2, -0.15) is 0 Å². The summed E-state index contributed by atoms with van der Waals surface area (Å²) in [7, 11) is -2.56. The van der Waals surface area contributed by atoms with Gasteiger partial charge in [0.05, 0.1) is 12.5 Å². The lowest BCUT2D eigenvalue weighted by Gasteiger charge is -2.59. The molecule has 5 rings (SSSR count). The van der Waals surface area contributed by atoms with Crippen molar-refractivity contribution in [1.82, 2.24) is 0 Å². The minimum absolute atomic E-state index is 0.0130. The molecule has 8 heteroatoms. The summed E-state index contributed by atoms with van der Waals surface area (Å²) in [4.78, 5) is 13.1. The number of carbonyl (C=O) groups excluding carboxylic acids is 1. The average molecular weight is 443 g/mol. The SMILES string of the molecule is COc1ccc(NC(=O)C23CC4CC(CC(Br)(C4)C2)C3)cc1S(N)(=O)=O. The Hall–Kier alpha value is -1.12. The van der Waals surface area contributed by atoms with E-state index in [1.807, 2.05) is 0 Å². The number of ether oxygens (including phenoxy) is 1. The summed E-state index contributed by atoms with van der Waals surface area (Å²) in [5.41, 5.74) is 0.0640. The van der Waals surface area contributed by atoms with Crippen LogP contribution in [-0.4, -0.2) is 25.8 Å². The second-order valence-corrected chi connectivity index (χ2v) is 11.5. The quantitative estimate of drug-likeness (QED) is 0.699. The van der Waals surface area contributed by atoms with E-state index >= 15 is 0 Å². The summed E-state index contributed by atoms with van der Waals surface area (Å²) >= 11 is 3.91. The molecule has 142 valence electrons. The van der Waals surface area contributed by atoms with E-state index in [-0.39, 0.29) is 26.3 Å². The summed E-state index contributed by atoms with van der Waals surface area (Å²) < 4.78 is 28.7. The van der Waals surface area contributed by atoms with E-state index in [0.29, 0.717) is 17.5 Å². The van der Waals surface area contributed by atoms with Crippen LogP contribution < -0.4 is 15.2 Å². The third-order valence-electron chi connectivity index (χ3n) is 6.20. The molecular weight excluding hydrogens is 420 g/mol. The van der Waals surface area contributed by atoms with E-state index in [9.17, 15) is 13.2 Å². The molecule has 1 aromatic rings. The van der Waals surface area contributed by atoms with Crippen molar-refractivity contribution in [2.75, 3.05) is 12.4 Å². The predicted molar refractivity (Wildman–Crippen MR) is 102 cm³/mol. The summed E-state index contributed by atoms with van der Waals surface area (Å²) in [6.45, 7) is 0. The molecule has 4 saturated carbocycles. The van der Waals surface area contributed by atoms with E-state index < -0.39 is 10.0 Å². The van der Waals surface area contributed by atoms with Crippen molar-refractivity contribution in [3.63, 3.8) is 0 Å². The van der Waals surface area contributed by atoms with Gasteiger partial charge in [-0.3, -0.25) is 4.79 Å². The fraction of sp³-hybridized carbons (Fsp3) is 0.611. The summed E-state index contributed by atoms with van der Waals surface area (Å²) in [5.74, 6) is 1.34. The van der Waals surface area contributed by atoms with Gasteiger partial charge in [-0.15, -0.1) is 0 Å². The molecule has 26 heavy (non-hydrogen) atoms. The van der Waals surface area contributed by atoms with Crippen LogP contribution in [0.1, 0.15) is 38.5 Å². The highest BCUT2D eigenvalue weighted by molar-refractivity contribution is 9.10. The number of carbonyl (C=O) groups is 1. The number of amides is 1. The largest absolute Gasteiger partial charge is 0.495 e. The lowest BCUT2D eigenvalue weighted by molar-refractivity contribution is -0.138. The lowest BCUT2D eigenvalue weighted by Crippen LogP contribution is -2.57. The Kier molecular flexibility index (Phi) is 4.17. The Labute approximate surface area is 162 Å². The Morgan fingerprint density at radius 3 is 2.46 bits per heavy atom. The van der Waals surface area contributed by atoms with Crippen molar-refractivity contribution < 1.29 is 17.9 Å². The molecule has 4 fully saturated rings. The van der Waals surface area contributed by atoms with E-state index in [1.54, 1.807) is 6.07 Å². The van der Waals surface area contributed by atoms with Crippen molar-refractivity contribution in [2.24, 2.45) is 22.4 Å². The van der Waals surface area contributed by atoms with Crippen molar-refractivity contribution in [1.29, 1.82) is 0 Å². The number of sulfonamides is 1. The number of nitrogens with two attached hydrogens (primary N) is 1. The molecule has 2 atom stereocenters. The highest BCUT2D eigenvalue weighted by atomic mass is 79.9.